The van der Waals surface area contributed by atoms with Crippen molar-refractivity contribution in [2.45, 2.75) is 12.5 Å². The van der Waals surface area contributed by atoms with E-state index in [0.717, 1.165) is 19.5 Å². The second kappa shape index (κ2) is 7.28. The minimum atomic E-state index is -0.537. The molecule has 1 aliphatic heterocycles. The Morgan fingerprint density at radius 1 is 1.28 bits per heavy atom. The normalized spacial score (nSPS) is 16.2. The molecule has 2 aromatic rings. The van der Waals surface area contributed by atoms with E-state index in [1.54, 1.807) is 43.3 Å². The number of primary amides is 1. The first-order chi connectivity index (χ1) is 12.1. The van der Waals surface area contributed by atoms with Crippen LogP contribution in [0.1, 0.15) is 34.1 Å². The Balaban J connectivity index is 1.95. The lowest BCUT2D eigenvalue weighted by Gasteiger charge is -2.07. The molecule has 0 bridgehead atoms. The Morgan fingerprint density at radius 2 is 2.00 bits per heavy atom. The molecular formula is C18H20N4O3. The summed E-state index contributed by atoms with van der Waals surface area (Å²) in [6, 6.07) is 5.56. The Labute approximate surface area is 146 Å². The first-order valence-corrected chi connectivity index (χ1v) is 7.95. The van der Waals surface area contributed by atoms with E-state index in [9.17, 15) is 4.79 Å². The van der Waals surface area contributed by atoms with Crippen molar-refractivity contribution in [3.63, 3.8) is 0 Å². The highest BCUT2D eigenvalue weighted by Crippen LogP contribution is 2.22. The van der Waals surface area contributed by atoms with Gasteiger partial charge in [-0.3, -0.25) is 9.48 Å². The maximum atomic E-state index is 11.7. The van der Waals surface area contributed by atoms with Gasteiger partial charge in [0.15, 0.2) is 0 Å². The highest BCUT2D eigenvalue weighted by atomic mass is 16.5. The lowest BCUT2D eigenvalue weighted by Crippen LogP contribution is -2.14. The molecule has 7 nitrogen and oxygen atoms in total. The van der Waals surface area contributed by atoms with E-state index in [2.05, 4.69) is 22.3 Å². The fraction of sp³-hybridized carbons (Fsp3) is 0.333. The Kier molecular flexibility index (Phi) is 4.91. The molecule has 1 aromatic heterocycles. The molecule has 3 N–H and O–H groups in total. The number of rotatable bonds is 4. The third-order valence-corrected chi connectivity index (χ3v) is 4.08. The van der Waals surface area contributed by atoms with Crippen molar-refractivity contribution >= 4 is 5.91 Å². The molecule has 1 aliphatic rings. The van der Waals surface area contributed by atoms with Crippen molar-refractivity contribution in [3.8, 4) is 23.3 Å². The maximum Gasteiger partial charge on any atom is 0.253 e. The SMILES string of the molecule is COc1cc(C#Cc2nn(C3CCNC3)cc2C(N)=O)cc(OC)c1. The minimum Gasteiger partial charge on any atom is -0.497 e. The number of carbonyl (C=O) groups is 1. The molecule has 0 saturated carbocycles. The van der Waals surface area contributed by atoms with Crippen molar-refractivity contribution in [1.82, 2.24) is 15.1 Å². The number of amides is 1. The largest absolute Gasteiger partial charge is 0.497 e. The zero-order valence-corrected chi connectivity index (χ0v) is 14.2. The summed E-state index contributed by atoms with van der Waals surface area (Å²) in [4.78, 5) is 11.7. The molecule has 3 rings (SSSR count). The van der Waals surface area contributed by atoms with Gasteiger partial charge in [-0.15, -0.1) is 0 Å². The maximum absolute atomic E-state index is 11.7. The molecule has 1 atom stereocenters. The fourth-order valence-electron chi connectivity index (χ4n) is 2.73. The zero-order chi connectivity index (χ0) is 17.8. The van der Waals surface area contributed by atoms with E-state index in [1.165, 1.54) is 0 Å². The predicted molar refractivity (Wildman–Crippen MR) is 92.8 cm³/mol. The van der Waals surface area contributed by atoms with Gasteiger partial charge in [0.05, 0.1) is 25.8 Å². The summed E-state index contributed by atoms with van der Waals surface area (Å²) in [6.45, 7) is 1.75. The number of hydrogen-bond acceptors (Lipinski definition) is 5. The van der Waals surface area contributed by atoms with Crippen LogP contribution in [-0.4, -0.2) is 43.0 Å². The third kappa shape index (κ3) is 3.75. The fourth-order valence-corrected chi connectivity index (χ4v) is 2.73. The molecule has 0 aliphatic carbocycles. The standard InChI is InChI=1S/C18H20N4O3/c1-24-14-7-12(8-15(9-14)25-2)3-4-17-16(18(19)23)11-22(21-17)13-5-6-20-10-13/h7-9,11,13,20H,5-6,10H2,1-2H3,(H2,19,23). The third-order valence-electron chi connectivity index (χ3n) is 4.08. The lowest BCUT2D eigenvalue weighted by atomic mass is 10.2. The van der Waals surface area contributed by atoms with Crippen LogP contribution >= 0.6 is 0 Å². The first kappa shape index (κ1) is 16.9. The van der Waals surface area contributed by atoms with Crippen LogP contribution in [0.5, 0.6) is 11.5 Å². The Hall–Kier alpha value is -2.98. The van der Waals surface area contributed by atoms with Gasteiger partial charge < -0.3 is 20.5 Å². The summed E-state index contributed by atoms with van der Waals surface area (Å²) in [7, 11) is 3.16. The van der Waals surface area contributed by atoms with Gasteiger partial charge in [-0.25, -0.2) is 0 Å². The molecule has 25 heavy (non-hydrogen) atoms. The smallest absolute Gasteiger partial charge is 0.253 e. The number of ether oxygens (including phenoxy) is 2. The number of aromatic nitrogens is 2. The van der Waals surface area contributed by atoms with Crippen molar-refractivity contribution in [1.29, 1.82) is 0 Å². The molecule has 1 unspecified atom stereocenters. The molecule has 1 saturated heterocycles. The van der Waals surface area contributed by atoms with E-state index in [1.807, 2.05) is 0 Å². The summed E-state index contributed by atoms with van der Waals surface area (Å²) < 4.78 is 12.2. The topological polar surface area (TPSA) is 91.4 Å². The lowest BCUT2D eigenvalue weighted by molar-refractivity contribution is 0.1000. The Morgan fingerprint density at radius 3 is 2.56 bits per heavy atom. The van der Waals surface area contributed by atoms with E-state index in [-0.39, 0.29) is 6.04 Å². The predicted octanol–water partition coefficient (Wildman–Crippen LogP) is 0.933. The number of carbonyl (C=O) groups excluding carboxylic acids is 1. The second-order valence-corrected chi connectivity index (χ2v) is 5.73. The zero-order valence-electron chi connectivity index (χ0n) is 14.2. The molecule has 130 valence electrons. The van der Waals surface area contributed by atoms with E-state index in [4.69, 9.17) is 15.2 Å². The first-order valence-electron chi connectivity index (χ1n) is 7.95. The summed E-state index contributed by atoms with van der Waals surface area (Å²) in [5, 5.41) is 7.72. The summed E-state index contributed by atoms with van der Waals surface area (Å²) >= 11 is 0. The van der Waals surface area contributed by atoms with Crippen molar-refractivity contribution in [2.24, 2.45) is 5.73 Å². The van der Waals surface area contributed by atoms with Crippen molar-refractivity contribution in [2.75, 3.05) is 27.3 Å². The number of benzene rings is 1. The van der Waals surface area contributed by atoms with Gasteiger partial charge in [-0.2, -0.15) is 5.10 Å². The molecule has 2 heterocycles. The highest BCUT2D eigenvalue weighted by Gasteiger charge is 2.20. The minimum absolute atomic E-state index is 0.213. The molecule has 1 amide bonds. The van der Waals surface area contributed by atoms with E-state index >= 15 is 0 Å². The molecule has 1 fully saturated rings. The highest BCUT2D eigenvalue weighted by molar-refractivity contribution is 5.94. The van der Waals surface area contributed by atoms with Crippen molar-refractivity contribution < 1.29 is 14.3 Å². The monoisotopic (exact) mass is 340 g/mol. The van der Waals surface area contributed by atoms with Gasteiger partial charge in [0.2, 0.25) is 0 Å². The molecule has 1 aromatic carbocycles. The van der Waals surface area contributed by atoms with Crippen LogP contribution in [0, 0.1) is 11.8 Å². The van der Waals surface area contributed by atoms with Crippen LogP contribution in [-0.2, 0) is 0 Å². The number of nitrogens with zero attached hydrogens (tertiary/aromatic N) is 2. The van der Waals surface area contributed by atoms with Gasteiger partial charge in [0.25, 0.3) is 5.91 Å². The van der Waals surface area contributed by atoms with Gasteiger partial charge in [0, 0.05) is 24.4 Å². The van der Waals surface area contributed by atoms with Gasteiger partial charge in [-0.1, -0.05) is 5.92 Å². The van der Waals surface area contributed by atoms with Crippen LogP contribution < -0.4 is 20.5 Å². The van der Waals surface area contributed by atoms with Crippen LogP contribution in [0.4, 0.5) is 0 Å². The van der Waals surface area contributed by atoms with Crippen molar-refractivity contribution in [3.05, 3.63) is 41.2 Å². The summed E-state index contributed by atoms with van der Waals surface area (Å²) in [5.41, 5.74) is 6.87. The number of methoxy groups -OCH3 is 2. The average molecular weight is 340 g/mol. The molecule has 7 heteroatoms. The van der Waals surface area contributed by atoms with Gasteiger partial charge >= 0.3 is 0 Å². The molecule has 0 spiro atoms. The second-order valence-electron chi connectivity index (χ2n) is 5.73. The van der Waals surface area contributed by atoms with Crippen LogP contribution in [0.2, 0.25) is 0 Å². The average Bonchev–Trinajstić information content (AvgIpc) is 3.28. The number of nitrogens with one attached hydrogen (secondary N) is 1. The van der Waals surface area contributed by atoms with E-state index < -0.39 is 5.91 Å². The van der Waals surface area contributed by atoms with Gasteiger partial charge in [0.1, 0.15) is 17.2 Å². The Bertz CT molecular complexity index is 819. The quantitative estimate of drug-likeness (QED) is 0.808. The van der Waals surface area contributed by atoms with Crippen LogP contribution in [0.3, 0.4) is 0 Å². The summed E-state index contributed by atoms with van der Waals surface area (Å²) in [6.07, 6.45) is 2.63. The van der Waals surface area contributed by atoms with Crippen LogP contribution in [0.15, 0.2) is 24.4 Å². The van der Waals surface area contributed by atoms with Gasteiger partial charge in [-0.05, 0) is 31.0 Å². The molecular weight excluding hydrogens is 320 g/mol. The number of hydrogen-bond donors (Lipinski definition) is 2. The number of nitrogens with two attached hydrogens (primary N) is 1. The molecule has 0 radical (unpaired) electrons. The van der Waals surface area contributed by atoms with Crippen LogP contribution in [0.25, 0.3) is 0 Å². The summed E-state index contributed by atoms with van der Waals surface area (Å²) in [5.74, 6) is 6.69. The van der Waals surface area contributed by atoms with E-state index in [0.29, 0.717) is 28.3 Å².